The maximum absolute atomic E-state index is 6.16. The van der Waals surface area contributed by atoms with Crippen molar-refractivity contribution in [3.8, 4) is 0 Å². The SMILES string of the molecule is Cc1cc(C)n2c3c(nc2c1)C(C)(C)OC3(C)C. The molecule has 3 heteroatoms. The first-order valence-corrected chi connectivity index (χ1v) is 6.43. The van der Waals surface area contributed by atoms with E-state index in [9.17, 15) is 0 Å². The molecule has 0 atom stereocenters. The van der Waals surface area contributed by atoms with Crippen molar-refractivity contribution >= 4 is 5.65 Å². The van der Waals surface area contributed by atoms with Gasteiger partial charge in [0, 0.05) is 5.69 Å². The summed E-state index contributed by atoms with van der Waals surface area (Å²) in [5, 5.41) is 0. The molecular formula is C15H20N2O. The van der Waals surface area contributed by atoms with Gasteiger partial charge in [0.1, 0.15) is 16.8 Å². The molecule has 1 aliphatic rings. The summed E-state index contributed by atoms with van der Waals surface area (Å²) in [6, 6.07) is 4.33. The average Bonchev–Trinajstić information content (AvgIpc) is 2.62. The first kappa shape index (κ1) is 11.7. The topological polar surface area (TPSA) is 26.5 Å². The highest BCUT2D eigenvalue weighted by Crippen LogP contribution is 2.46. The first-order valence-electron chi connectivity index (χ1n) is 6.43. The summed E-state index contributed by atoms with van der Waals surface area (Å²) in [5.74, 6) is 0. The summed E-state index contributed by atoms with van der Waals surface area (Å²) in [7, 11) is 0. The van der Waals surface area contributed by atoms with Crippen LogP contribution < -0.4 is 0 Å². The molecule has 3 nitrogen and oxygen atoms in total. The molecule has 18 heavy (non-hydrogen) atoms. The highest BCUT2D eigenvalue weighted by molar-refractivity contribution is 5.51. The van der Waals surface area contributed by atoms with Crippen molar-refractivity contribution in [2.45, 2.75) is 52.7 Å². The van der Waals surface area contributed by atoms with Crippen LogP contribution in [0.5, 0.6) is 0 Å². The van der Waals surface area contributed by atoms with E-state index in [1.165, 1.54) is 17.0 Å². The average molecular weight is 244 g/mol. The Bertz CT molecular complexity index is 650. The van der Waals surface area contributed by atoms with Crippen LogP contribution in [0.1, 0.15) is 50.3 Å². The van der Waals surface area contributed by atoms with Crippen LogP contribution in [0, 0.1) is 13.8 Å². The van der Waals surface area contributed by atoms with Gasteiger partial charge in [0.25, 0.3) is 0 Å². The molecule has 96 valence electrons. The lowest BCUT2D eigenvalue weighted by Crippen LogP contribution is -2.24. The van der Waals surface area contributed by atoms with Crippen LogP contribution >= 0.6 is 0 Å². The van der Waals surface area contributed by atoms with Crippen molar-refractivity contribution in [1.29, 1.82) is 0 Å². The molecule has 2 aromatic rings. The normalized spacial score (nSPS) is 20.3. The van der Waals surface area contributed by atoms with Gasteiger partial charge in [-0.2, -0.15) is 0 Å². The zero-order valence-corrected chi connectivity index (χ0v) is 12.0. The van der Waals surface area contributed by atoms with Gasteiger partial charge >= 0.3 is 0 Å². The lowest BCUT2D eigenvalue weighted by atomic mass is 10.0. The number of aromatic nitrogens is 2. The van der Waals surface area contributed by atoms with Crippen molar-refractivity contribution in [3.05, 3.63) is 34.8 Å². The van der Waals surface area contributed by atoms with Gasteiger partial charge in [-0.05, 0) is 59.2 Å². The van der Waals surface area contributed by atoms with E-state index in [1.807, 2.05) is 0 Å². The van der Waals surface area contributed by atoms with Gasteiger partial charge in [0.15, 0.2) is 0 Å². The molecule has 0 fully saturated rings. The molecular weight excluding hydrogens is 224 g/mol. The Balaban J connectivity index is 2.46. The monoisotopic (exact) mass is 244 g/mol. The smallest absolute Gasteiger partial charge is 0.137 e. The second kappa shape index (κ2) is 3.15. The van der Waals surface area contributed by atoms with Crippen LogP contribution in [0.2, 0.25) is 0 Å². The molecule has 0 aliphatic carbocycles. The Labute approximate surface area is 108 Å². The van der Waals surface area contributed by atoms with Crippen molar-refractivity contribution in [3.63, 3.8) is 0 Å². The molecule has 0 bridgehead atoms. The Kier molecular flexibility index (Phi) is 2.05. The van der Waals surface area contributed by atoms with Gasteiger partial charge in [0.05, 0.1) is 11.4 Å². The standard InChI is InChI=1S/C15H20N2O/c1-9-7-10(2)17-11(8-9)16-12-13(17)15(5,6)18-14(12,3)4/h7-8H,1-6H3. The molecule has 0 radical (unpaired) electrons. The van der Waals surface area contributed by atoms with E-state index in [0.717, 1.165) is 11.3 Å². The van der Waals surface area contributed by atoms with Crippen molar-refractivity contribution < 1.29 is 4.74 Å². The fraction of sp³-hybridized carbons (Fsp3) is 0.533. The molecule has 0 saturated heterocycles. The number of imidazole rings is 1. The quantitative estimate of drug-likeness (QED) is 0.709. The summed E-state index contributed by atoms with van der Waals surface area (Å²) >= 11 is 0. The fourth-order valence-corrected chi connectivity index (χ4v) is 3.24. The third-order valence-electron chi connectivity index (χ3n) is 3.70. The lowest BCUT2D eigenvalue weighted by molar-refractivity contribution is -0.108. The molecule has 0 spiro atoms. The number of hydrogen-bond donors (Lipinski definition) is 0. The number of rotatable bonds is 0. The predicted octanol–water partition coefficient (Wildman–Crippen LogP) is 3.45. The maximum atomic E-state index is 6.16. The van der Waals surface area contributed by atoms with Crippen LogP contribution in [0.25, 0.3) is 5.65 Å². The largest absolute Gasteiger partial charge is 0.357 e. The summed E-state index contributed by atoms with van der Waals surface area (Å²) in [5.41, 5.74) is 5.15. The van der Waals surface area contributed by atoms with Gasteiger partial charge in [0.2, 0.25) is 0 Å². The number of hydrogen-bond acceptors (Lipinski definition) is 2. The van der Waals surface area contributed by atoms with Crippen LogP contribution in [-0.2, 0) is 15.9 Å². The highest BCUT2D eigenvalue weighted by atomic mass is 16.5. The molecule has 0 unspecified atom stereocenters. The van der Waals surface area contributed by atoms with E-state index in [2.05, 4.69) is 58.1 Å². The number of pyridine rings is 1. The minimum absolute atomic E-state index is 0.293. The number of aryl methyl sites for hydroxylation is 2. The zero-order chi connectivity index (χ0) is 13.3. The Morgan fingerprint density at radius 1 is 1.06 bits per heavy atom. The molecule has 2 aromatic heterocycles. The fourth-order valence-electron chi connectivity index (χ4n) is 3.24. The van der Waals surface area contributed by atoms with E-state index in [0.29, 0.717) is 0 Å². The van der Waals surface area contributed by atoms with Crippen LogP contribution in [0.3, 0.4) is 0 Å². The molecule has 1 aliphatic heterocycles. The maximum Gasteiger partial charge on any atom is 0.137 e. The van der Waals surface area contributed by atoms with E-state index in [1.54, 1.807) is 0 Å². The molecule has 0 saturated carbocycles. The third-order valence-corrected chi connectivity index (χ3v) is 3.70. The predicted molar refractivity (Wildman–Crippen MR) is 71.8 cm³/mol. The van der Waals surface area contributed by atoms with E-state index in [-0.39, 0.29) is 11.2 Å². The highest BCUT2D eigenvalue weighted by Gasteiger charge is 2.47. The van der Waals surface area contributed by atoms with E-state index in [4.69, 9.17) is 9.72 Å². The van der Waals surface area contributed by atoms with Crippen molar-refractivity contribution in [2.24, 2.45) is 0 Å². The van der Waals surface area contributed by atoms with E-state index < -0.39 is 0 Å². The molecule has 0 N–H and O–H groups in total. The summed E-state index contributed by atoms with van der Waals surface area (Å²) < 4.78 is 8.39. The second-order valence-corrected chi connectivity index (χ2v) is 6.30. The van der Waals surface area contributed by atoms with E-state index >= 15 is 0 Å². The van der Waals surface area contributed by atoms with Gasteiger partial charge in [-0.3, -0.25) is 4.40 Å². The van der Waals surface area contributed by atoms with Crippen LogP contribution in [0.4, 0.5) is 0 Å². The number of fused-ring (bicyclic) bond motifs is 3. The summed E-state index contributed by atoms with van der Waals surface area (Å²) in [6.07, 6.45) is 0. The molecule has 3 rings (SSSR count). The van der Waals surface area contributed by atoms with Crippen LogP contribution in [0.15, 0.2) is 12.1 Å². The second-order valence-electron chi connectivity index (χ2n) is 6.30. The number of nitrogens with zero attached hydrogens (tertiary/aromatic N) is 2. The van der Waals surface area contributed by atoms with Crippen molar-refractivity contribution in [1.82, 2.24) is 9.38 Å². The zero-order valence-electron chi connectivity index (χ0n) is 12.0. The number of ether oxygens (including phenoxy) is 1. The van der Waals surface area contributed by atoms with Crippen LogP contribution in [-0.4, -0.2) is 9.38 Å². The molecule has 0 aromatic carbocycles. The third kappa shape index (κ3) is 1.37. The Morgan fingerprint density at radius 2 is 1.72 bits per heavy atom. The minimum atomic E-state index is -0.314. The van der Waals surface area contributed by atoms with Gasteiger partial charge in [-0.15, -0.1) is 0 Å². The summed E-state index contributed by atoms with van der Waals surface area (Å²) in [4.78, 5) is 4.80. The van der Waals surface area contributed by atoms with Gasteiger partial charge in [-0.25, -0.2) is 4.98 Å². The molecule has 0 amide bonds. The molecule has 3 heterocycles. The Morgan fingerprint density at radius 3 is 2.39 bits per heavy atom. The summed E-state index contributed by atoms with van der Waals surface area (Å²) in [6.45, 7) is 12.7. The Hall–Kier alpha value is -1.35. The minimum Gasteiger partial charge on any atom is -0.357 e. The van der Waals surface area contributed by atoms with Crippen molar-refractivity contribution in [2.75, 3.05) is 0 Å². The van der Waals surface area contributed by atoms with Gasteiger partial charge < -0.3 is 4.74 Å². The van der Waals surface area contributed by atoms with Gasteiger partial charge in [-0.1, -0.05) is 0 Å². The lowest BCUT2D eigenvalue weighted by Gasteiger charge is -2.25. The first-order chi connectivity index (χ1) is 8.22.